The maximum Gasteiger partial charge on any atom is 0.338 e. The highest BCUT2D eigenvalue weighted by Crippen LogP contribution is 2.28. The fraction of sp³-hybridized carbons (Fsp3) is 0.462. The summed E-state index contributed by atoms with van der Waals surface area (Å²) in [7, 11) is 0. The molecule has 1 atom stereocenters. The van der Waals surface area contributed by atoms with Crippen LogP contribution in [0.2, 0.25) is 0 Å². The molecule has 1 aliphatic carbocycles. The number of benzene rings is 1. The maximum absolute atomic E-state index is 11.6. The SMILES string of the molecule is CCOC(=O)c1ccc2c(c1)[C@@H](N)CCC2. The van der Waals surface area contributed by atoms with Crippen LogP contribution in [-0.4, -0.2) is 12.6 Å². The van der Waals surface area contributed by atoms with Crippen molar-refractivity contribution in [3.8, 4) is 0 Å². The molecule has 2 rings (SSSR count). The number of carbonyl (C=O) groups is 1. The highest BCUT2D eigenvalue weighted by molar-refractivity contribution is 5.89. The van der Waals surface area contributed by atoms with Gasteiger partial charge in [0.2, 0.25) is 0 Å². The third kappa shape index (κ3) is 2.09. The largest absolute Gasteiger partial charge is 0.462 e. The van der Waals surface area contributed by atoms with Crippen LogP contribution < -0.4 is 5.73 Å². The van der Waals surface area contributed by atoms with Crippen molar-refractivity contribution in [3.63, 3.8) is 0 Å². The summed E-state index contributed by atoms with van der Waals surface area (Å²) in [6.45, 7) is 2.21. The Morgan fingerprint density at radius 3 is 3.12 bits per heavy atom. The third-order valence-electron chi connectivity index (χ3n) is 3.02. The minimum absolute atomic E-state index is 0.0677. The van der Waals surface area contributed by atoms with Crippen LogP contribution in [-0.2, 0) is 11.2 Å². The van der Waals surface area contributed by atoms with E-state index < -0.39 is 0 Å². The molecule has 0 aliphatic heterocycles. The van der Waals surface area contributed by atoms with Gasteiger partial charge in [0.15, 0.2) is 0 Å². The highest BCUT2D eigenvalue weighted by atomic mass is 16.5. The summed E-state index contributed by atoms with van der Waals surface area (Å²) in [4.78, 5) is 11.6. The molecule has 0 heterocycles. The fourth-order valence-corrected chi connectivity index (χ4v) is 2.18. The highest BCUT2D eigenvalue weighted by Gasteiger charge is 2.18. The molecule has 0 spiro atoms. The van der Waals surface area contributed by atoms with Gasteiger partial charge in [-0.3, -0.25) is 0 Å². The van der Waals surface area contributed by atoms with E-state index in [9.17, 15) is 4.79 Å². The molecule has 1 aromatic carbocycles. The van der Waals surface area contributed by atoms with Crippen molar-refractivity contribution >= 4 is 5.97 Å². The quantitative estimate of drug-likeness (QED) is 0.776. The topological polar surface area (TPSA) is 52.3 Å². The van der Waals surface area contributed by atoms with E-state index in [4.69, 9.17) is 10.5 Å². The summed E-state index contributed by atoms with van der Waals surface area (Å²) in [6.07, 6.45) is 3.19. The smallest absolute Gasteiger partial charge is 0.338 e. The van der Waals surface area contributed by atoms with E-state index >= 15 is 0 Å². The second-order valence-electron chi connectivity index (χ2n) is 4.13. The first-order valence-corrected chi connectivity index (χ1v) is 5.78. The van der Waals surface area contributed by atoms with Gasteiger partial charge in [-0.1, -0.05) is 6.07 Å². The second-order valence-corrected chi connectivity index (χ2v) is 4.13. The average Bonchev–Trinajstić information content (AvgIpc) is 2.29. The van der Waals surface area contributed by atoms with Gasteiger partial charge in [0.05, 0.1) is 12.2 Å². The zero-order valence-corrected chi connectivity index (χ0v) is 9.53. The van der Waals surface area contributed by atoms with Crippen molar-refractivity contribution in [1.29, 1.82) is 0 Å². The number of carbonyl (C=O) groups excluding carboxylic acids is 1. The van der Waals surface area contributed by atoms with E-state index in [1.54, 1.807) is 0 Å². The average molecular weight is 219 g/mol. The van der Waals surface area contributed by atoms with E-state index in [0.717, 1.165) is 24.8 Å². The van der Waals surface area contributed by atoms with Gasteiger partial charge in [-0.05, 0) is 49.4 Å². The van der Waals surface area contributed by atoms with Crippen LogP contribution in [0.3, 0.4) is 0 Å². The molecule has 3 heteroatoms. The van der Waals surface area contributed by atoms with Gasteiger partial charge >= 0.3 is 5.97 Å². The van der Waals surface area contributed by atoms with Gasteiger partial charge in [0.1, 0.15) is 0 Å². The normalized spacial score (nSPS) is 19.0. The lowest BCUT2D eigenvalue weighted by atomic mass is 9.87. The minimum atomic E-state index is -0.261. The zero-order valence-electron chi connectivity index (χ0n) is 9.53. The number of esters is 1. The number of rotatable bonds is 2. The Kier molecular flexibility index (Phi) is 3.25. The molecule has 1 aliphatic rings. The van der Waals surface area contributed by atoms with Gasteiger partial charge in [-0.15, -0.1) is 0 Å². The van der Waals surface area contributed by atoms with Crippen LogP contribution in [0.4, 0.5) is 0 Å². The molecule has 1 aromatic rings. The summed E-state index contributed by atoms with van der Waals surface area (Å²) in [5.41, 5.74) is 9.02. The molecular formula is C13H17NO2. The second kappa shape index (κ2) is 4.66. The van der Waals surface area contributed by atoms with E-state index in [2.05, 4.69) is 0 Å². The Morgan fingerprint density at radius 2 is 2.38 bits per heavy atom. The zero-order chi connectivity index (χ0) is 11.5. The first-order chi connectivity index (χ1) is 7.72. The molecule has 0 saturated carbocycles. The first kappa shape index (κ1) is 11.1. The van der Waals surface area contributed by atoms with Crippen molar-refractivity contribution in [2.24, 2.45) is 5.73 Å². The Balaban J connectivity index is 2.30. The van der Waals surface area contributed by atoms with Crippen LogP contribution in [0.15, 0.2) is 18.2 Å². The number of hydrogen-bond donors (Lipinski definition) is 1. The molecule has 0 aromatic heterocycles. The van der Waals surface area contributed by atoms with Crippen LogP contribution in [0, 0.1) is 0 Å². The van der Waals surface area contributed by atoms with Crippen LogP contribution >= 0.6 is 0 Å². The lowest BCUT2D eigenvalue weighted by Gasteiger charge is -2.22. The van der Waals surface area contributed by atoms with Crippen LogP contribution in [0.25, 0.3) is 0 Å². The summed E-state index contributed by atoms with van der Waals surface area (Å²) in [6, 6.07) is 5.78. The number of aryl methyl sites for hydroxylation is 1. The van der Waals surface area contributed by atoms with Crippen LogP contribution in [0.1, 0.15) is 47.3 Å². The Labute approximate surface area is 95.6 Å². The van der Waals surface area contributed by atoms with Gasteiger partial charge in [0.25, 0.3) is 0 Å². The molecule has 0 fully saturated rings. The summed E-state index contributed by atoms with van der Waals surface area (Å²) >= 11 is 0. The van der Waals surface area contributed by atoms with E-state index in [1.807, 2.05) is 25.1 Å². The van der Waals surface area contributed by atoms with Gasteiger partial charge in [0, 0.05) is 6.04 Å². The molecule has 0 bridgehead atoms. The molecule has 16 heavy (non-hydrogen) atoms. The predicted molar refractivity (Wildman–Crippen MR) is 62.3 cm³/mol. The van der Waals surface area contributed by atoms with E-state index in [0.29, 0.717) is 12.2 Å². The number of hydrogen-bond acceptors (Lipinski definition) is 3. The molecule has 86 valence electrons. The van der Waals surface area contributed by atoms with E-state index in [-0.39, 0.29) is 12.0 Å². The summed E-state index contributed by atoms with van der Waals surface area (Å²) in [5, 5.41) is 0. The third-order valence-corrected chi connectivity index (χ3v) is 3.02. The van der Waals surface area contributed by atoms with Crippen molar-refractivity contribution in [2.45, 2.75) is 32.2 Å². The summed E-state index contributed by atoms with van der Waals surface area (Å²) in [5.74, 6) is -0.261. The van der Waals surface area contributed by atoms with Gasteiger partial charge in [-0.25, -0.2) is 4.79 Å². The van der Waals surface area contributed by atoms with Crippen molar-refractivity contribution < 1.29 is 9.53 Å². The maximum atomic E-state index is 11.6. The Hall–Kier alpha value is -1.35. The monoisotopic (exact) mass is 219 g/mol. The molecule has 3 nitrogen and oxygen atoms in total. The molecular weight excluding hydrogens is 202 g/mol. The van der Waals surface area contributed by atoms with Gasteiger partial charge < -0.3 is 10.5 Å². The Bertz CT molecular complexity index is 401. The fourth-order valence-electron chi connectivity index (χ4n) is 2.18. The molecule has 0 saturated heterocycles. The van der Waals surface area contributed by atoms with Crippen molar-refractivity contribution in [2.75, 3.05) is 6.61 Å². The molecule has 0 unspecified atom stereocenters. The molecule has 0 radical (unpaired) electrons. The van der Waals surface area contributed by atoms with Gasteiger partial charge in [-0.2, -0.15) is 0 Å². The van der Waals surface area contributed by atoms with E-state index in [1.165, 1.54) is 5.56 Å². The standard InChI is InChI=1S/C13H17NO2/c1-2-16-13(15)10-7-6-9-4-3-5-12(14)11(9)8-10/h6-8,12H,2-5,14H2,1H3/t12-/m0/s1. The van der Waals surface area contributed by atoms with Crippen molar-refractivity contribution in [3.05, 3.63) is 34.9 Å². The number of fused-ring (bicyclic) bond motifs is 1. The lowest BCUT2D eigenvalue weighted by Crippen LogP contribution is -2.18. The molecule has 0 amide bonds. The minimum Gasteiger partial charge on any atom is -0.462 e. The van der Waals surface area contributed by atoms with Crippen LogP contribution in [0.5, 0.6) is 0 Å². The predicted octanol–water partition coefficient (Wildman–Crippen LogP) is 2.20. The number of nitrogens with two attached hydrogens (primary N) is 1. The van der Waals surface area contributed by atoms with Crippen molar-refractivity contribution in [1.82, 2.24) is 0 Å². The summed E-state index contributed by atoms with van der Waals surface area (Å²) < 4.78 is 4.97. The Morgan fingerprint density at radius 1 is 1.56 bits per heavy atom. The lowest BCUT2D eigenvalue weighted by molar-refractivity contribution is 0.0526. The first-order valence-electron chi connectivity index (χ1n) is 5.78. The number of ether oxygens (including phenoxy) is 1. The molecule has 2 N–H and O–H groups in total.